The molecule has 102 valence electrons. The minimum absolute atomic E-state index is 0.352. The van der Waals surface area contributed by atoms with E-state index < -0.39 is 0 Å². The van der Waals surface area contributed by atoms with Crippen molar-refractivity contribution in [2.45, 2.75) is 43.6 Å². The smallest absolute Gasteiger partial charge is 0.161 e. The average Bonchev–Trinajstić information content (AvgIpc) is 2.78. The van der Waals surface area contributed by atoms with Gasteiger partial charge in [0.25, 0.3) is 0 Å². The maximum Gasteiger partial charge on any atom is 0.161 e. The number of aromatic nitrogens is 3. The molecule has 0 aliphatic heterocycles. The minimum Gasteiger partial charge on any atom is -0.391 e. The Morgan fingerprint density at radius 2 is 2.05 bits per heavy atom. The van der Waals surface area contributed by atoms with Crippen LogP contribution in [0.5, 0.6) is 0 Å². The van der Waals surface area contributed by atoms with Crippen LogP contribution >= 0.6 is 11.8 Å². The van der Waals surface area contributed by atoms with Crippen LogP contribution in [-0.4, -0.2) is 26.0 Å². The SMILES string of the molecule is CC[C@H](O)Cn1nc(CSc2ccccc2)nc1C. The Balaban J connectivity index is 1.96. The van der Waals surface area contributed by atoms with E-state index in [-0.39, 0.29) is 6.10 Å². The van der Waals surface area contributed by atoms with Crippen LogP contribution in [0, 0.1) is 6.92 Å². The predicted molar refractivity (Wildman–Crippen MR) is 77.1 cm³/mol. The van der Waals surface area contributed by atoms with Crippen LogP contribution in [0.3, 0.4) is 0 Å². The summed E-state index contributed by atoms with van der Waals surface area (Å²) in [5, 5.41) is 14.1. The number of rotatable bonds is 6. The highest BCUT2D eigenvalue weighted by molar-refractivity contribution is 7.98. The van der Waals surface area contributed by atoms with Gasteiger partial charge < -0.3 is 5.11 Å². The van der Waals surface area contributed by atoms with Gasteiger partial charge in [-0.1, -0.05) is 25.1 Å². The first-order valence-corrected chi connectivity index (χ1v) is 7.44. The topological polar surface area (TPSA) is 50.9 Å². The Morgan fingerprint density at radius 3 is 2.74 bits per heavy atom. The van der Waals surface area contributed by atoms with Crippen LogP contribution in [-0.2, 0) is 12.3 Å². The van der Waals surface area contributed by atoms with Crippen molar-refractivity contribution in [3.05, 3.63) is 42.0 Å². The molecule has 1 heterocycles. The first-order valence-electron chi connectivity index (χ1n) is 6.45. The zero-order valence-corrected chi connectivity index (χ0v) is 12.1. The summed E-state index contributed by atoms with van der Waals surface area (Å²) >= 11 is 1.72. The predicted octanol–water partition coefficient (Wildman–Crippen LogP) is 2.65. The molecule has 4 nitrogen and oxygen atoms in total. The van der Waals surface area contributed by atoms with Crippen LogP contribution in [0.2, 0.25) is 0 Å². The Morgan fingerprint density at radius 1 is 1.32 bits per heavy atom. The highest BCUT2D eigenvalue weighted by atomic mass is 32.2. The van der Waals surface area contributed by atoms with Gasteiger partial charge in [-0.2, -0.15) is 5.10 Å². The molecular weight excluding hydrogens is 258 g/mol. The Hall–Kier alpha value is -1.33. The quantitative estimate of drug-likeness (QED) is 0.825. The van der Waals surface area contributed by atoms with Crippen LogP contribution in [0.1, 0.15) is 25.0 Å². The largest absolute Gasteiger partial charge is 0.391 e. The van der Waals surface area contributed by atoms with E-state index in [4.69, 9.17) is 0 Å². The van der Waals surface area contributed by atoms with E-state index in [0.29, 0.717) is 6.54 Å². The fraction of sp³-hybridized carbons (Fsp3) is 0.429. The molecule has 0 amide bonds. The molecule has 2 rings (SSSR count). The maximum atomic E-state index is 9.66. The summed E-state index contributed by atoms with van der Waals surface area (Å²) in [4.78, 5) is 5.65. The first kappa shape index (κ1) is 14.1. The van der Waals surface area contributed by atoms with Crippen LogP contribution in [0.4, 0.5) is 0 Å². The zero-order valence-electron chi connectivity index (χ0n) is 11.3. The van der Waals surface area contributed by atoms with Gasteiger partial charge in [-0.3, -0.25) is 0 Å². The Kier molecular flexibility index (Phi) is 4.99. The lowest BCUT2D eigenvalue weighted by Gasteiger charge is -2.07. The standard InChI is InChI=1S/C14H19N3OS/c1-3-12(18)9-17-11(2)15-14(16-17)10-19-13-7-5-4-6-8-13/h4-8,12,18H,3,9-10H2,1-2H3/t12-/m0/s1. The van der Waals surface area contributed by atoms with Crippen LogP contribution < -0.4 is 0 Å². The molecule has 0 aliphatic carbocycles. The molecule has 0 fully saturated rings. The van der Waals surface area contributed by atoms with E-state index in [9.17, 15) is 5.11 Å². The molecule has 5 heteroatoms. The number of aliphatic hydroxyl groups excluding tert-OH is 1. The third-order valence-electron chi connectivity index (χ3n) is 2.87. The zero-order chi connectivity index (χ0) is 13.7. The fourth-order valence-electron chi connectivity index (χ4n) is 1.71. The normalized spacial score (nSPS) is 12.6. The second kappa shape index (κ2) is 6.73. The summed E-state index contributed by atoms with van der Waals surface area (Å²) in [5.41, 5.74) is 0. The van der Waals surface area contributed by atoms with Crippen molar-refractivity contribution in [1.82, 2.24) is 14.8 Å². The molecular formula is C14H19N3OS. The van der Waals surface area contributed by atoms with Crippen molar-refractivity contribution >= 4 is 11.8 Å². The van der Waals surface area contributed by atoms with E-state index in [2.05, 4.69) is 22.2 Å². The summed E-state index contributed by atoms with van der Waals surface area (Å²) in [6.45, 7) is 4.40. The summed E-state index contributed by atoms with van der Waals surface area (Å²) in [6, 6.07) is 10.2. The van der Waals surface area contributed by atoms with E-state index in [1.54, 1.807) is 16.4 Å². The van der Waals surface area contributed by atoms with Crippen LogP contribution in [0.15, 0.2) is 35.2 Å². The van der Waals surface area contributed by atoms with Crippen LogP contribution in [0.25, 0.3) is 0 Å². The van der Waals surface area contributed by atoms with Gasteiger partial charge in [0.1, 0.15) is 5.82 Å². The molecule has 19 heavy (non-hydrogen) atoms. The number of nitrogens with zero attached hydrogens (tertiary/aromatic N) is 3. The lowest BCUT2D eigenvalue weighted by molar-refractivity contribution is 0.144. The van der Waals surface area contributed by atoms with Gasteiger partial charge in [0.2, 0.25) is 0 Å². The lowest BCUT2D eigenvalue weighted by Crippen LogP contribution is -2.16. The molecule has 1 atom stereocenters. The van der Waals surface area contributed by atoms with Crippen molar-refractivity contribution in [2.75, 3.05) is 0 Å². The summed E-state index contributed by atoms with van der Waals surface area (Å²) in [6.07, 6.45) is 0.378. The summed E-state index contributed by atoms with van der Waals surface area (Å²) in [7, 11) is 0. The van der Waals surface area contributed by atoms with Gasteiger partial charge in [0.15, 0.2) is 5.82 Å². The van der Waals surface area contributed by atoms with Crippen molar-refractivity contribution in [1.29, 1.82) is 0 Å². The van der Waals surface area contributed by atoms with Gasteiger partial charge in [-0.05, 0) is 25.5 Å². The Bertz CT molecular complexity index is 513. The first-order chi connectivity index (χ1) is 9.19. The summed E-state index contributed by atoms with van der Waals surface area (Å²) in [5.74, 6) is 2.42. The van der Waals surface area contributed by atoms with Crippen molar-refractivity contribution in [3.63, 3.8) is 0 Å². The second-order valence-electron chi connectivity index (χ2n) is 4.42. The molecule has 0 bridgehead atoms. The van der Waals surface area contributed by atoms with Crippen molar-refractivity contribution < 1.29 is 5.11 Å². The average molecular weight is 277 g/mol. The number of hydrogen-bond donors (Lipinski definition) is 1. The van der Waals surface area contributed by atoms with Gasteiger partial charge in [-0.25, -0.2) is 9.67 Å². The Labute approximate surface area is 117 Å². The van der Waals surface area contributed by atoms with Gasteiger partial charge in [0.05, 0.1) is 18.4 Å². The fourth-order valence-corrected chi connectivity index (χ4v) is 2.47. The van der Waals surface area contributed by atoms with E-state index >= 15 is 0 Å². The number of benzene rings is 1. The molecule has 1 N–H and O–H groups in total. The minimum atomic E-state index is -0.352. The maximum absolute atomic E-state index is 9.66. The third-order valence-corrected chi connectivity index (χ3v) is 3.87. The van der Waals surface area contributed by atoms with Gasteiger partial charge >= 0.3 is 0 Å². The van der Waals surface area contributed by atoms with E-state index in [1.165, 1.54) is 4.90 Å². The number of thioether (sulfide) groups is 1. The van der Waals surface area contributed by atoms with E-state index in [1.807, 2.05) is 32.0 Å². The molecule has 1 aromatic heterocycles. The molecule has 0 saturated carbocycles. The molecule has 0 spiro atoms. The van der Waals surface area contributed by atoms with Gasteiger partial charge in [0, 0.05) is 4.90 Å². The number of aliphatic hydroxyl groups is 1. The second-order valence-corrected chi connectivity index (χ2v) is 5.47. The number of hydrogen-bond acceptors (Lipinski definition) is 4. The van der Waals surface area contributed by atoms with Crippen molar-refractivity contribution in [2.24, 2.45) is 0 Å². The summed E-state index contributed by atoms with van der Waals surface area (Å²) < 4.78 is 1.79. The third kappa shape index (κ3) is 4.08. The number of aryl methyl sites for hydroxylation is 1. The highest BCUT2D eigenvalue weighted by Crippen LogP contribution is 2.20. The van der Waals surface area contributed by atoms with E-state index in [0.717, 1.165) is 23.8 Å². The molecule has 2 aromatic rings. The molecule has 0 aliphatic rings. The van der Waals surface area contributed by atoms with Gasteiger partial charge in [-0.15, -0.1) is 11.8 Å². The van der Waals surface area contributed by atoms with Crippen molar-refractivity contribution in [3.8, 4) is 0 Å². The molecule has 0 radical (unpaired) electrons. The molecule has 0 saturated heterocycles. The molecule has 0 unspecified atom stereocenters. The monoisotopic (exact) mass is 277 g/mol. The highest BCUT2D eigenvalue weighted by Gasteiger charge is 2.09. The molecule has 1 aromatic carbocycles. The lowest BCUT2D eigenvalue weighted by atomic mass is 10.3.